The Kier molecular flexibility index (Phi) is 4.16. The van der Waals surface area contributed by atoms with E-state index in [1.54, 1.807) is 30.7 Å². The molecule has 1 amide bonds. The fourth-order valence-corrected chi connectivity index (χ4v) is 3.20. The van der Waals surface area contributed by atoms with E-state index in [0.29, 0.717) is 18.7 Å². The molecule has 1 saturated heterocycles. The number of aromatic nitrogens is 4. The summed E-state index contributed by atoms with van der Waals surface area (Å²) in [6.07, 6.45) is 7.38. The predicted octanol–water partition coefficient (Wildman–Crippen LogP) is 2.24. The maximum absolute atomic E-state index is 14.9. The Bertz CT molecular complexity index is 1030. The van der Waals surface area contributed by atoms with E-state index in [4.69, 9.17) is 5.26 Å². The molecule has 8 nitrogen and oxygen atoms in total. The first kappa shape index (κ1) is 16.9. The second-order valence-corrected chi connectivity index (χ2v) is 6.47. The minimum atomic E-state index is -2.10. The van der Waals surface area contributed by atoms with Crippen LogP contribution in [0.1, 0.15) is 12.8 Å². The van der Waals surface area contributed by atoms with Crippen LogP contribution in [0, 0.1) is 11.5 Å². The van der Waals surface area contributed by atoms with E-state index < -0.39 is 11.6 Å². The summed E-state index contributed by atoms with van der Waals surface area (Å²) < 4.78 is 14.9. The number of halogens is 1. The number of carbonyl (C=O) groups is 1. The Morgan fingerprint density at radius 2 is 2.22 bits per heavy atom. The van der Waals surface area contributed by atoms with Crippen molar-refractivity contribution >= 4 is 22.6 Å². The Morgan fingerprint density at radius 1 is 1.33 bits per heavy atom. The number of anilines is 1. The van der Waals surface area contributed by atoms with Gasteiger partial charge < -0.3 is 10.2 Å². The number of piperidine rings is 1. The SMILES string of the molecule is N#CN1CCCC(F)(C(=O)Nc2ccc(-c3nccc4cn[nH]c34)cn2)C1. The molecule has 0 aliphatic carbocycles. The fraction of sp³-hybridized carbons (Fsp3) is 0.278. The third-order valence-electron chi connectivity index (χ3n) is 4.63. The van der Waals surface area contributed by atoms with Gasteiger partial charge in [-0.25, -0.2) is 9.37 Å². The summed E-state index contributed by atoms with van der Waals surface area (Å²) in [6.45, 7) is 0.230. The molecule has 9 heteroatoms. The van der Waals surface area contributed by atoms with Gasteiger partial charge in [-0.05, 0) is 31.0 Å². The van der Waals surface area contributed by atoms with Crippen LogP contribution in [0.3, 0.4) is 0 Å². The van der Waals surface area contributed by atoms with Crippen LogP contribution in [0.2, 0.25) is 0 Å². The summed E-state index contributed by atoms with van der Waals surface area (Å²) in [4.78, 5) is 22.2. The lowest BCUT2D eigenvalue weighted by molar-refractivity contribution is -0.130. The molecule has 1 atom stereocenters. The van der Waals surface area contributed by atoms with Gasteiger partial charge in [-0.2, -0.15) is 10.4 Å². The summed E-state index contributed by atoms with van der Waals surface area (Å²) in [5, 5.41) is 19.3. The van der Waals surface area contributed by atoms with Gasteiger partial charge in [0.25, 0.3) is 5.91 Å². The Balaban J connectivity index is 1.52. The molecule has 3 aromatic heterocycles. The van der Waals surface area contributed by atoms with E-state index in [0.717, 1.165) is 16.5 Å². The quantitative estimate of drug-likeness (QED) is 0.689. The maximum Gasteiger partial charge on any atom is 0.265 e. The number of carbonyl (C=O) groups excluding carboxylic acids is 1. The molecule has 1 aliphatic rings. The van der Waals surface area contributed by atoms with Gasteiger partial charge in [0.05, 0.1) is 24.0 Å². The molecule has 0 aromatic carbocycles. The lowest BCUT2D eigenvalue weighted by Crippen LogP contribution is -2.51. The van der Waals surface area contributed by atoms with Gasteiger partial charge in [-0.15, -0.1) is 0 Å². The highest BCUT2D eigenvalue weighted by atomic mass is 19.1. The van der Waals surface area contributed by atoms with Crippen molar-refractivity contribution in [2.45, 2.75) is 18.5 Å². The standard InChI is InChI=1S/C18H16FN7O/c19-18(5-1-7-26(10-18)11-20)17(27)24-14-3-2-12(8-22-14)15-16-13(4-6-21-15)9-23-25-16/h2-4,6,8-9H,1,5,7,10H2,(H,23,25)(H,22,24,27). The summed E-state index contributed by atoms with van der Waals surface area (Å²) in [5.74, 6) is -0.539. The number of fused-ring (bicyclic) bond motifs is 1. The third kappa shape index (κ3) is 3.17. The normalized spacial score (nSPS) is 19.6. The summed E-state index contributed by atoms with van der Waals surface area (Å²) in [6, 6.07) is 5.19. The molecule has 2 N–H and O–H groups in total. The third-order valence-corrected chi connectivity index (χ3v) is 4.63. The Morgan fingerprint density at radius 3 is 3.00 bits per heavy atom. The number of aromatic amines is 1. The van der Waals surface area contributed by atoms with Gasteiger partial charge in [-0.1, -0.05) is 0 Å². The first-order valence-electron chi connectivity index (χ1n) is 8.49. The second kappa shape index (κ2) is 6.64. The van der Waals surface area contributed by atoms with Crippen molar-refractivity contribution in [3.63, 3.8) is 0 Å². The van der Waals surface area contributed by atoms with E-state index in [-0.39, 0.29) is 18.8 Å². The number of rotatable bonds is 3. The number of amides is 1. The molecule has 1 aliphatic heterocycles. The van der Waals surface area contributed by atoms with Crippen LogP contribution in [0.4, 0.5) is 10.2 Å². The molecular weight excluding hydrogens is 349 g/mol. The van der Waals surface area contributed by atoms with Crippen molar-refractivity contribution in [2.75, 3.05) is 18.4 Å². The second-order valence-electron chi connectivity index (χ2n) is 6.47. The highest BCUT2D eigenvalue weighted by Crippen LogP contribution is 2.28. The van der Waals surface area contributed by atoms with Gasteiger partial charge in [-0.3, -0.25) is 14.9 Å². The fourth-order valence-electron chi connectivity index (χ4n) is 3.20. The average molecular weight is 365 g/mol. The van der Waals surface area contributed by atoms with Gasteiger partial charge in [0.15, 0.2) is 6.19 Å². The molecule has 1 unspecified atom stereocenters. The van der Waals surface area contributed by atoms with Crippen molar-refractivity contribution in [1.29, 1.82) is 5.26 Å². The minimum absolute atomic E-state index is 0.0842. The number of hydrogen-bond donors (Lipinski definition) is 2. The number of alkyl halides is 1. The van der Waals surface area contributed by atoms with Gasteiger partial charge in [0.1, 0.15) is 5.82 Å². The summed E-state index contributed by atoms with van der Waals surface area (Å²) in [7, 11) is 0. The first-order valence-corrected chi connectivity index (χ1v) is 8.49. The van der Waals surface area contributed by atoms with Crippen LogP contribution in [-0.2, 0) is 4.79 Å². The molecule has 0 radical (unpaired) electrons. The monoisotopic (exact) mass is 365 g/mol. The van der Waals surface area contributed by atoms with Crippen LogP contribution < -0.4 is 5.32 Å². The van der Waals surface area contributed by atoms with Crippen LogP contribution in [0.25, 0.3) is 22.2 Å². The Labute approximate surface area is 154 Å². The van der Waals surface area contributed by atoms with Crippen molar-refractivity contribution in [3.05, 3.63) is 36.8 Å². The Hall–Kier alpha value is -3.54. The van der Waals surface area contributed by atoms with Crippen molar-refractivity contribution < 1.29 is 9.18 Å². The van der Waals surface area contributed by atoms with Crippen LogP contribution >= 0.6 is 0 Å². The van der Waals surface area contributed by atoms with Crippen LogP contribution in [-0.4, -0.2) is 49.7 Å². The zero-order valence-electron chi connectivity index (χ0n) is 14.3. The highest BCUT2D eigenvalue weighted by molar-refractivity contribution is 5.97. The topological polar surface area (TPSA) is 111 Å². The molecular formula is C18H16FN7O. The molecule has 4 heterocycles. The molecule has 0 spiro atoms. The lowest BCUT2D eigenvalue weighted by Gasteiger charge is -2.32. The van der Waals surface area contributed by atoms with Gasteiger partial charge in [0.2, 0.25) is 5.67 Å². The number of nitrogens with zero attached hydrogens (tertiary/aromatic N) is 5. The van der Waals surface area contributed by atoms with Crippen molar-refractivity contribution in [2.24, 2.45) is 0 Å². The molecule has 0 bridgehead atoms. The van der Waals surface area contributed by atoms with E-state index >= 15 is 0 Å². The average Bonchev–Trinajstić information content (AvgIpc) is 3.17. The molecule has 27 heavy (non-hydrogen) atoms. The van der Waals surface area contributed by atoms with Gasteiger partial charge in [0, 0.05) is 29.9 Å². The molecule has 4 rings (SSSR count). The number of nitriles is 1. The number of H-pyrrole nitrogens is 1. The zero-order chi connectivity index (χ0) is 18.9. The zero-order valence-corrected chi connectivity index (χ0v) is 14.3. The first-order chi connectivity index (χ1) is 13.1. The predicted molar refractivity (Wildman–Crippen MR) is 96.0 cm³/mol. The number of nitrogens with one attached hydrogen (secondary N) is 2. The van der Waals surface area contributed by atoms with E-state index in [9.17, 15) is 9.18 Å². The number of likely N-dealkylation sites (tertiary alicyclic amines) is 1. The molecule has 1 fully saturated rings. The summed E-state index contributed by atoms with van der Waals surface area (Å²) >= 11 is 0. The smallest absolute Gasteiger partial charge is 0.265 e. The largest absolute Gasteiger partial charge is 0.308 e. The number of hydrogen-bond acceptors (Lipinski definition) is 6. The van der Waals surface area contributed by atoms with Crippen molar-refractivity contribution in [1.82, 2.24) is 25.1 Å². The lowest BCUT2D eigenvalue weighted by atomic mass is 9.94. The van der Waals surface area contributed by atoms with E-state index in [1.807, 2.05) is 12.3 Å². The van der Waals surface area contributed by atoms with Gasteiger partial charge >= 0.3 is 0 Å². The van der Waals surface area contributed by atoms with Crippen molar-refractivity contribution in [3.8, 4) is 17.5 Å². The number of pyridine rings is 2. The highest BCUT2D eigenvalue weighted by Gasteiger charge is 2.42. The molecule has 3 aromatic rings. The van der Waals surface area contributed by atoms with E-state index in [2.05, 4.69) is 25.5 Å². The van der Waals surface area contributed by atoms with Crippen LogP contribution in [0.5, 0.6) is 0 Å². The molecule has 0 saturated carbocycles. The minimum Gasteiger partial charge on any atom is -0.308 e. The molecule has 136 valence electrons. The van der Waals surface area contributed by atoms with E-state index in [1.165, 1.54) is 4.90 Å². The van der Waals surface area contributed by atoms with Crippen LogP contribution in [0.15, 0.2) is 36.8 Å². The summed E-state index contributed by atoms with van der Waals surface area (Å²) in [5.41, 5.74) is 0.121. The maximum atomic E-state index is 14.9.